The predicted octanol–water partition coefficient (Wildman–Crippen LogP) is 6.87. The fourth-order valence-electron chi connectivity index (χ4n) is 2.97. The van der Waals surface area contributed by atoms with E-state index in [1.165, 1.54) is 6.21 Å². The van der Waals surface area contributed by atoms with Crippen molar-refractivity contribution in [1.82, 2.24) is 0 Å². The highest BCUT2D eigenvalue weighted by atomic mass is 79.9. The normalized spacial score (nSPS) is 11.3. The van der Waals surface area contributed by atoms with Crippen molar-refractivity contribution >= 4 is 62.0 Å². The van der Waals surface area contributed by atoms with Crippen LogP contribution in [0.5, 0.6) is 5.75 Å². The maximum Gasteiger partial charge on any atom is 0.291 e. The Morgan fingerprint density at radius 1 is 1.17 bits per heavy atom. The van der Waals surface area contributed by atoms with Crippen molar-refractivity contribution in [2.24, 2.45) is 4.99 Å². The van der Waals surface area contributed by atoms with Gasteiger partial charge in [-0.25, -0.2) is 0 Å². The molecule has 2 N–H and O–H groups in total. The SMILES string of the molecule is Cc1cc(N=Cc2cc(Cl)cc(Br)c2O)ccc1NC(=O)c1cc2ccccc2o1. The maximum absolute atomic E-state index is 12.6. The minimum absolute atomic E-state index is 0.0644. The van der Waals surface area contributed by atoms with Crippen LogP contribution in [-0.4, -0.2) is 17.2 Å². The Bertz CT molecular complexity index is 1260. The van der Waals surface area contributed by atoms with Crippen molar-refractivity contribution in [3.8, 4) is 5.75 Å². The van der Waals surface area contributed by atoms with Crippen LogP contribution in [0.1, 0.15) is 21.7 Å². The van der Waals surface area contributed by atoms with E-state index in [9.17, 15) is 9.90 Å². The summed E-state index contributed by atoms with van der Waals surface area (Å²) >= 11 is 9.28. The topological polar surface area (TPSA) is 74.8 Å². The Morgan fingerprint density at radius 3 is 2.73 bits per heavy atom. The highest BCUT2D eigenvalue weighted by Gasteiger charge is 2.13. The van der Waals surface area contributed by atoms with E-state index in [2.05, 4.69) is 26.2 Å². The average Bonchev–Trinajstić information content (AvgIpc) is 3.16. The smallest absolute Gasteiger partial charge is 0.291 e. The fourth-order valence-corrected chi connectivity index (χ4v) is 3.81. The lowest BCUT2D eigenvalue weighted by molar-refractivity contribution is 0.0998. The molecule has 4 rings (SSSR count). The molecule has 0 radical (unpaired) electrons. The molecule has 7 heteroatoms. The van der Waals surface area contributed by atoms with E-state index < -0.39 is 0 Å². The van der Waals surface area contributed by atoms with Gasteiger partial charge in [0, 0.05) is 27.9 Å². The second-order valence-corrected chi connectivity index (χ2v) is 7.98. The molecule has 0 saturated carbocycles. The van der Waals surface area contributed by atoms with Gasteiger partial charge in [-0.3, -0.25) is 9.79 Å². The third-order valence-electron chi connectivity index (χ3n) is 4.52. The van der Waals surface area contributed by atoms with Crippen LogP contribution in [-0.2, 0) is 0 Å². The number of hydrogen-bond acceptors (Lipinski definition) is 4. The first-order valence-corrected chi connectivity index (χ1v) is 10.2. The van der Waals surface area contributed by atoms with Crippen molar-refractivity contribution in [3.63, 3.8) is 0 Å². The summed E-state index contributed by atoms with van der Waals surface area (Å²) in [5, 5.41) is 14.3. The maximum atomic E-state index is 12.6. The molecular formula is C23H16BrClN2O3. The second kappa shape index (κ2) is 8.34. The van der Waals surface area contributed by atoms with Gasteiger partial charge < -0.3 is 14.8 Å². The number of nitrogens with zero attached hydrogens (tertiary/aromatic N) is 1. The molecule has 1 heterocycles. The quantitative estimate of drug-likeness (QED) is 0.311. The first-order valence-electron chi connectivity index (χ1n) is 9.03. The summed E-state index contributed by atoms with van der Waals surface area (Å²) in [6, 6.07) is 17.8. The van der Waals surface area contributed by atoms with Crippen molar-refractivity contribution in [1.29, 1.82) is 0 Å². The first-order chi connectivity index (χ1) is 14.4. The van der Waals surface area contributed by atoms with Gasteiger partial charge in [0.2, 0.25) is 0 Å². The molecule has 30 heavy (non-hydrogen) atoms. The third-order valence-corrected chi connectivity index (χ3v) is 5.34. The van der Waals surface area contributed by atoms with E-state index in [4.69, 9.17) is 16.0 Å². The lowest BCUT2D eigenvalue weighted by Crippen LogP contribution is -2.11. The van der Waals surface area contributed by atoms with Crippen molar-refractivity contribution in [2.45, 2.75) is 6.92 Å². The van der Waals surface area contributed by atoms with Crippen molar-refractivity contribution in [3.05, 3.63) is 87.0 Å². The molecule has 0 aliphatic carbocycles. The third kappa shape index (κ3) is 4.25. The predicted molar refractivity (Wildman–Crippen MR) is 123 cm³/mol. The van der Waals surface area contributed by atoms with Gasteiger partial charge in [-0.2, -0.15) is 0 Å². The van der Waals surface area contributed by atoms with Crippen LogP contribution in [0.25, 0.3) is 11.0 Å². The summed E-state index contributed by atoms with van der Waals surface area (Å²) < 4.78 is 6.11. The van der Waals surface area contributed by atoms with Gasteiger partial charge in [-0.05, 0) is 70.9 Å². The van der Waals surface area contributed by atoms with Gasteiger partial charge in [-0.15, -0.1) is 0 Å². The number of carbonyl (C=O) groups excluding carboxylic acids is 1. The average molecular weight is 484 g/mol. The Morgan fingerprint density at radius 2 is 1.97 bits per heavy atom. The standard InChI is InChI=1S/C23H16BrClN2O3/c1-13-8-17(26-12-15-9-16(25)11-18(24)22(15)28)6-7-19(13)27-23(29)21-10-14-4-2-3-5-20(14)30-21/h2-12,28H,1H3,(H,27,29). The van der Waals surface area contributed by atoms with Crippen molar-refractivity contribution in [2.75, 3.05) is 5.32 Å². The van der Waals surface area contributed by atoms with Gasteiger partial charge in [0.05, 0.1) is 10.2 Å². The van der Waals surface area contributed by atoms with Gasteiger partial charge >= 0.3 is 0 Å². The highest BCUT2D eigenvalue weighted by molar-refractivity contribution is 9.10. The molecular weight excluding hydrogens is 468 g/mol. The summed E-state index contributed by atoms with van der Waals surface area (Å²) in [5.74, 6) is -0.00597. The molecule has 150 valence electrons. The Kier molecular flexibility index (Phi) is 5.61. The zero-order chi connectivity index (χ0) is 21.3. The minimum Gasteiger partial charge on any atom is -0.506 e. The molecule has 0 atom stereocenters. The molecule has 0 unspecified atom stereocenters. The molecule has 0 spiro atoms. The molecule has 0 fully saturated rings. The van der Waals surface area contributed by atoms with Crippen LogP contribution in [0.3, 0.4) is 0 Å². The number of para-hydroxylation sites is 1. The van der Waals surface area contributed by atoms with Crippen LogP contribution in [0, 0.1) is 6.92 Å². The highest BCUT2D eigenvalue weighted by Crippen LogP contribution is 2.31. The van der Waals surface area contributed by atoms with Crippen molar-refractivity contribution < 1.29 is 14.3 Å². The summed E-state index contributed by atoms with van der Waals surface area (Å²) in [7, 11) is 0. The van der Waals surface area contributed by atoms with Crippen LogP contribution >= 0.6 is 27.5 Å². The molecule has 5 nitrogen and oxygen atoms in total. The minimum atomic E-state index is -0.320. The number of phenols is 1. The van der Waals surface area contributed by atoms with Crippen LogP contribution in [0.2, 0.25) is 5.02 Å². The fraction of sp³-hybridized carbons (Fsp3) is 0.0435. The molecule has 0 aliphatic rings. The van der Waals surface area contributed by atoms with E-state index in [1.54, 1.807) is 30.3 Å². The number of carbonyl (C=O) groups is 1. The van der Waals surface area contributed by atoms with E-state index in [1.807, 2.05) is 37.3 Å². The number of phenolic OH excluding ortho intramolecular Hbond substituents is 1. The summed E-state index contributed by atoms with van der Waals surface area (Å²) in [6.07, 6.45) is 1.54. The number of nitrogens with one attached hydrogen (secondary N) is 1. The second-order valence-electron chi connectivity index (χ2n) is 6.69. The number of hydrogen-bond donors (Lipinski definition) is 2. The van der Waals surface area contributed by atoms with Crippen LogP contribution in [0.4, 0.5) is 11.4 Å². The van der Waals surface area contributed by atoms with E-state index >= 15 is 0 Å². The number of amides is 1. The van der Waals surface area contributed by atoms with Crippen LogP contribution < -0.4 is 5.32 Å². The first kappa shape index (κ1) is 20.2. The monoisotopic (exact) mass is 482 g/mol. The number of furan rings is 1. The molecule has 1 amide bonds. The van der Waals surface area contributed by atoms with E-state index in [0.717, 1.165) is 10.9 Å². The van der Waals surface area contributed by atoms with E-state index in [-0.39, 0.29) is 17.4 Å². The molecule has 1 aromatic heterocycles. The summed E-state index contributed by atoms with van der Waals surface area (Å²) in [5.41, 5.74) is 3.33. The number of aromatic hydroxyl groups is 1. The molecule has 0 saturated heterocycles. The number of halogens is 2. The van der Waals surface area contributed by atoms with Gasteiger partial charge in [0.15, 0.2) is 5.76 Å². The molecule has 4 aromatic rings. The number of rotatable bonds is 4. The van der Waals surface area contributed by atoms with Gasteiger partial charge in [0.25, 0.3) is 5.91 Å². The lowest BCUT2D eigenvalue weighted by atomic mass is 10.1. The molecule has 3 aromatic carbocycles. The Labute approximate surface area is 186 Å². The number of aryl methyl sites for hydroxylation is 1. The van der Waals surface area contributed by atoms with Gasteiger partial charge in [0.1, 0.15) is 11.3 Å². The number of anilines is 1. The largest absolute Gasteiger partial charge is 0.506 e. The summed E-state index contributed by atoms with van der Waals surface area (Å²) in [4.78, 5) is 16.9. The zero-order valence-electron chi connectivity index (χ0n) is 15.8. The van der Waals surface area contributed by atoms with E-state index in [0.29, 0.717) is 32.0 Å². The Hall–Kier alpha value is -3.09. The van der Waals surface area contributed by atoms with Gasteiger partial charge in [-0.1, -0.05) is 29.8 Å². The lowest BCUT2D eigenvalue weighted by Gasteiger charge is -2.08. The van der Waals surface area contributed by atoms with Crippen LogP contribution in [0.15, 0.2) is 74.5 Å². The molecule has 0 bridgehead atoms. The number of aliphatic imine (C=N–C) groups is 1. The summed E-state index contributed by atoms with van der Waals surface area (Å²) in [6.45, 7) is 1.88. The number of benzene rings is 3. The number of fused-ring (bicyclic) bond motifs is 1. The molecule has 0 aliphatic heterocycles. The zero-order valence-corrected chi connectivity index (χ0v) is 18.2. The Balaban J connectivity index is 1.52.